The predicted octanol–water partition coefficient (Wildman–Crippen LogP) is 2.53. The maximum Gasteiger partial charge on any atom is 0.322 e. The van der Waals surface area contributed by atoms with Crippen molar-refractivity contribution in [1.29, 1.82) is 5.26 Å². The standard InChI is InChI=1S/C17H22N4O2/c18-11-13-7-9-15(10-8-13)21-17(19-12-16(22)23)20-14-5-3-1-2-4-6-14/h7-10,14H,1-6,12H2,(H,22,23)(H2,19,20,21). The van der Waals surface area contributed by atoms with E-state index in [1.807, 2.05) is 0 Å². The second-order valence-electron chi connectivity index (χ2n) is 5.70. The zero-order chi connectivity index (χ0) is 16.5. The molecule has 6 nitrogen and oxygen atoms in total. The van der Waals surface area contributed by atoms with E-state index < -0.39 is 5.97 Å². The number of carboxylic acid groups (broad SMARTS) is 1. The Balaban J connectivity index is 2.09. The molecule has 0 atom stereocenters. The van der Waals surface area contributed by atoms with E-state index in [1.54, 1.807) is 24.3 Å². The monoisotopic (exact) mass is 314 g/mol. The van der Waals surface area contributed by atoms with Gasteiger partial charge in [-0.3, -0.25) is 4.79 Å². The van der Waals surface area contributed by atoms with Crippen LogP contribution in [0.2, 0.25) is 0 Å². The van der Waals surface area contributed by atoms with Gasteiger partial charge in [0.1, 0.15) is 6.54 Å². The summed E-state index contributed by atoms with van der Waals surface area (Å²) < 4.78 is 0. The van der Waals surface area contributed by atoms with Crippen LogP contribution in [-0.4, -0.2) is 29.6 Å². The molecule has 1 fully saturated rings. The summed E-state index contributed by atoms with van der Waals surface area (Å²) in [7, 11) is 0. The lowest BCUT2D eigenvalue weighted by Crippen LogP contribution is -2.44. The molecular formula is C17H22N4O2. The lowest BCUT2D eigenvalue weighted by molar-refractivity contribution is -0.135. The minimum Gasteiger partial charge on any atom is -0.480 e. The first kappa shape index (κ1) is 16.8. The molecule has 3 N–H and O–H groups in total. The third-order valence-electron chi connectivity index (χ3n) is 3.84. The molecule has 23 heavy (non-hydrogen) atoms. The molecule has 0 aromatic heterocycles. The summed E-state index contributed by atoms with van der Waals surface area (Å²) in [6, 6.07) is 9.26. The van der Waals surface area contributed by atoms with E-state index in [0.29, 0.717) is 23.3 Å². The average Bonchev–Trinajstić information content (AvgIpc) is 2.82. The van der Waals surface area contributed by atoms with Gasteiger partial charge in [-0.1, -0.05) is 25.7 Å². The molecule has 1 aliphatic rings. The Morgan fingerprint density at radius 3 is 2.43 bits per heavy atom. The van der Waals surface area contributed by atoms with Crippen LogP contribution >= 0.6 is 0 Å². The molecule has 1 aliphatic carbocycles. The first-order valence-electron chi connectivity index (χ1n) is 7.98. The summed E-state index contributed by atoms with van der Waals surface area (Å²) in [4.78, 5) is 15.3. The summed E-state index contributed by atoms with van der Waals surface area (Å²) in [6.07, 6.45) is 7.01. The highest BCUT2D eigenvalue weighted by Gasteiger charge is 2.14. The quantitative estimate of drug-likeness (QED) is 0.451. The van der Waals surface area contributed by atoms with Crippen molar-refractivity contribution in [2.24, 2.45) is 4.99 Å². The summed E-state index contributed by atoms with van der Waals surface area (Å²) in [6.45, 7) is -0.186. The van der Waals surface area contributed by atoms with Crippen molar-refractivity contribution >= 4 is 17.6 Å². The Morgan fingerprint density at radius 2 is 1.87 bits per heavy atom. The third-order valence-corrected chi connectivity index (χ3v) is 3.84. The fraction of sp³-hybridized carbons (Fsp3) is 0.471. The average molecular weight is 314 g/mol. The molecule has 122 valence electrons. The maximum absolute atomic E-state index is 10.8. The molecule has 6 heteroatoms. The number of nitrogens with zero attached hydrogens (tertiary/aromatic N) is 2. The Bertz CT molecular complexity index is 582. The molecule has 0 heterocycles. The number of carbonyl (C=O) groups is 1. The smallest absolute Gasteiger partial charge is 0.322 e. The number of hydrogen-bond acceptors (Lipinski definition) is 3. The number of aliphatic imine (C=N–C) groups is 1. The van der Waals surface area contributed by atoms with Gasteiger partial charge in [-0.2, -0.15) is 5.26 Å². The number of hydrogen-bond donors (Lipinski definition) is 3. The van der Waals surface area contributed by atoms with Crippen LogP contribution in [-0.2, 0) is 4.79 Å². The van der Waals surface area contributed by atoms with Gasteiger partial charge in [0, 0.05) is 6.04 Å². The van der Waals surface area contributed by atoms with Crippen LogP contribution in [0, 0.1) is 11.3 Å². The van der Waals surface area contributed by atoms with E-state index in [2.05, 4.69) is 21.7 Å². The van der Waals surface area contributed by atoms with Gasteiger partial charge in [0.05, 0.1) is 17.3 Å². The van der Waals surface area contributed by atoms with Gasteiger partial charge in [0.15, 0.2) is 5.96 Å². The molecule has 0 radical (unpaired) electrons. The van der Waals surface area contributed by atoms with Gasteiger partial charge < -0.3 is 15.7 Å². The van der Waals surface area contributed by atoms with E-state index in [0.717, 1.165) is 12.8 Å². The minimum absolute atomic E-state index is 0.186. The van der Waals surface area contributed by atoms with Crippen molar-refractivity contribution in [3.8, 4) is 6.07 Å². The molecule has 2 rings (SSSR count). The van der Waals surface area contributed by atoms with Gasteiger partial charge in [-0.15, -0.1) is 0 Å². The molecule has 1 aromatic carbocycles. The highest BCUT2D eigenvalue weighted by molar-refractivity contribution is 5.86. The summed E-state index contributed by atoms with van der Waals surface area (Å²) in [5.74, 6) is -0.454. The maximum atomic E-state index is 10.8. The second-order valence-corrected chi connectivity index (χ2v) is 5.70. The number of guanidine groups is 1. The predicted molar refractivity (Wildman–Crippen MR) is 88.5 cm³/mol. The fourth-order valence-corrected chi connectivity index (χ4v) is 2.64. The van der Waals surface area contributed by atoms with Crippen molar-refractivity contribution in [3.63, 3.8) is 0 Å². The molecule has 0 aliphatic heterocycles. The number of carboxylic acids is 1. The number of nitrogens with one attached hydrogen (secondary N) is 2. The summed E-state index contributed by atoms with van der Waals surface area (Å²) >= 11 is 0. The zero-order valence-corrected chi connectivity index (χ0v) is 13.1. The Hall–Kier alpha value is -2.55. The van der Waals surface area contributed by atoms with Crippen molar-refractivity contribution in [2.75, 3.05) is 6.54 Å². The largest absolute Gasteiger partial charge is 0.480 e. The minimum atomic E-state index is -0.930. The van der Waals surface area contributed by atoms with Gasteiger partial charge >= 0.3 is 5.97 Å². The molecule has 0 bridgehead atoms. The van der Waals surface area contributed by atoms with E-state index in [1.165, 1.54) is 25.7 Å². The Kier molecular flexibility index (Phi) is 6.42. The summed E-state index contributed by atoms with van der Waals surface area (Å²) in [5, 5.41) is 23.9. The van der Waals surface area contributed by atoms with Crippen molar-refractivity contribution < 1.29 is 9.90 Å². The lowest BCUT2D eigenvalue weighted by atomic mass is 10.1. The molecule has 0 spiro atoms. The number of rotatable bonds is 4. The SMILES string of the molecule is N#Cc1ccc(N=C(NCC(=O)O)NC2CCCCCC2)cc1. The highest BCUT2D eigenvalue weighted by atomic mass is 16.4. The number of benzene rings is 1. The van der Waals surface area contributed by atoms with E-state index in [-0.39, 0.29) is 6.54 Å². The van der Waals surface area contributed by atoms with Crippen LogP contribution in [0.15, 0.2) is 29.3 Å². The molecule has 1 aromatic rings. The molecule has 0 amide bonds. The summed E-state index contributed by atoms with van der Waals surface area (Å²) in [5.41, 5.74) is 1.25. The van der Waals surface area contributed by atoms with Gasteiger partial charge in [-0.05, 0) is 37.1 Å². The topological polar surface area (TPSA) is 97.5 Å². The van der Waals surface area contributed by atoms with Crippen LogP contribution in [0.4, 0.5) is 5.69 Å². The number of aliphatic carboxylic acids is 1. The first-order valence-corrected chi connectivity index (χ1v) is 7.98. The zero-order valence-electron chi connectivity index (χ0n) is 13.1. The van der Waals surface area contributed by atoms with E-state index >= 15 is 0 Å². The van der Waals surface area contributed by atoms with Crippen molar-refractivity contribution in [1.82, 2.24) is 10.6 Å². The van der Waals surface area contributed by atoms with Crippen molar-refractivity contribution in [2.45, 2.75) is 44.6 Å². The fourth-order valence-electron chi connectivity index (χ4n) is 2.64. The van der Waals surface area contributed by atoms with Crippen LogP contribution in [0.1, 0.15) is 44.1 Å². The molecule has 0 unspecified atom stereocenters. The van der Waals surface area contributed by atoms with Crippen molar-refractivity contribution in [3.05, 3.63) is 29.8 Å². The van der Waals surface area contributed by atoms with E-state index in [9.17, 15) is 4.79 Å². The van der Waals surface area contributed by atoms with Crippen LogP contribution < -0.4 is 10.6 Å². The first-order chi connectivity index (χ1) is 11.2. The van der Waals surface area contributed by atoms with Gasteiger partial charge in [0.2, 0.25) is 0 Å². The second kappa shape index (κ2) is 8.79. The Labute approximate surface area is 136 Å². The lowest BCUT2D eigenvalue weighted by Gasteiger charge is -2.19. The number of nitriles is 1. The van der Waals surface area contributed by atoms with Gasteiger partial charge in [-0.25, -0.2) is 4.99 Å². The van der Waals surface area contributed by atoms with Crippen LogP contribution in [0.5, 0.6) is 0 Å². The van der Waals surface area contributed by atoms with E-state index in [4.69, 9.17) is 10.4 Å². The Morgan fingerprint density at radius 1 is 1.22 bits per heavy atom. The molecule has 0 saturated heterocycles. The normalized spacial score (nSPS) is 16.2. The van der Waals surface area contributed by atoms with Crippen LogP contribution in [0.3, 0.4) is 0 Å². The van der Waals surface area contributed by atoms with Crippen LogP contribution in [0.25, 0.3) is 0 Å². The highest BCUT2D eigenvalue weighted by Crippen LogP contribution is 2.18. The molecular weight excluding hydrogens is 292 g/mol. The van der Waals surface area contributed by atoms with Gasteiger partial charge in [0.25, 0.3) is 0 Å². The third kappa shape index (κ3) is 5.99. The molecule has 1 saturated carbocycles.